The van der Waals surface area contributed by atoms with Crippen LogP contribution in [0.15, 0.2) is 22.9 Å². The molecular weight excluding hydrogens is 312 g/mol. The van der Waals surface area contributed by atoms with Gasteiger partial charge in [0, 0.05) is 18.8 Å². The number of aromatic nitrogens is 2. The van der Waals surface area contributed by atoms with Crippen molar-refractivity contribution >= 4 is 15.9 Å². The average Bonchev–Trinajstić information content (AvgIpc) is 2.93. The van der Waals surface area contributed by atoms with Crippen LogP contribution in [-0.2, 0) is 6.42 Å². The molecule has 2 rings (SSSR count). The van der Waals surface area contributed by atoms with E-state index in [2.05, 4.69) is 25.9 Å². The number of benzene rings is 1. The Hall–Kier alpha value is -1.69. The summed E-state index contributed by atoms with van der Waals surface area (Å²) in [7, 11) is 4.78. The number of H-pyrrole nitrogens is 1. The second kappa shape index (κ2) is 5.97. The van der Waals surface area contributed by atoms with Crippen molar-refractivity contribution in [3.05, 3.63) is 34.3 Å². The van der Waals surface area contributed by atoms with E-state index in [1.54, 1.807) is 33.7 Å². The molecule has 1 heterocycles. The molecule has 0 aliphatic heterocycles. The maximum atomic E-state index is 5.39. The Labute approximate surface area is 120 Å². The summed E-state index contributed by atoms with van der Waals surface area (Å²) in [5.74, 6) is 2.68. The van der Waals surface area contributed by atoms with E-state index in [0.29, 0.717) is 23.7 Å². The Morgan fingerprint density at radius 1 is 1.16 bits per heavy atom. The van der Waals surface area contributed by atoms with Gasteiger partial charge in [0.15, 0.2) is 11.5 Å². The summed E-state index contributed by atoms with van der Waals surface area (Å²) in [6.07, 6.45) is 4.16. The van der Waals surface area contributed by atoms with Gasteiger partial charge in [0.2, 0.25) is 5.75 Å². The SMILES string of the molecule is COc1cc(Cc2ncc[nH]2)c(Br)c(OC)c1OC. The maximum absolute atomic E-state index is 5.39. The molecule has 0 fully saturated rings. The lowest BCUT2D eigenvalue weighted by Gasteiger charge is -2.16. The molecule has 0 unspecified atom stereocenters. The first-order valence-electron chi connectivity index (χ1n) is 5.66. The molecule has 0 spiro atoms. The zero-order valence-electron chi connectivity index (χ0n) is 11.0. The lowest BCUT2D eigenvalue weighted by Crippen LogP contribution is -2.00. The van der Waals surface area contributed by atoms with Gasteiger partial charge in [-0.15, -0.1) is 0 Å². The number of nitrogens with zero attached hydrogens (tertiary/aromatic N) is 1. The van der Waals surface area contributed by atoms with Gasteiger partial charge in [0.05, 0.1) is 25.8 Å². The smallest absolute Gasteiger partial charge is 0.204 e. The summed E-state index contributed by atoms with van der Waals surface area (Å²) >= 11 is 3.54. The van der Waals surface area contributed by atoms with Gasteiger partial charge in [-0.3, -0.25) is 0 Å². The Bertz CT molecular complexity index is 556. The van der Waals surface area contributed by atoms with Crippen LogP contribution in [0.25, 0.3) is 0 Å². The van der Waals surface area contributed by atoms with Gasteiger partial charge in [0.25, 0.3) is 0 Å². The number of rotatable bonds is 5. The highest BCUT2D eigenvalue weighted by Gasteiger charge is 2.19. The van der Waals surface area contributed by atoms with E-state index in [9.17, 15) is 0 Å². The van der Waals surface area contributed by atoms with E-state index in [1.165, 1.54) is 0 Å². The number of hydrogen-bond acceptors (Lipinski definition) is 4. The van der Waals surface area contributed by atoms with Crippen LogP contribution in [-0.4, -0.2) is 31.3 Å². The predicted octanol–water partition coefficient (Wildman–Crippen LogP) is 2.79. The minimum absolute atomic E-state index is 0.570. The summed E-state index contributed by atoms with van der Waals surface area (Å²) in [5, 5.41) is 0. The van der Waals surface area contributed by atoms with Gasteiger partial charge in [-0.1, -0.05) is 0 Å². The van der Waals surface area contributed by atoms with Gasteiger partial charge in [-0.05, 0) is 27.6 Å². The Morgan fingerprint density at radius 2 is 1.89 bits per heavy atom. The van der Waals surface area contributed by atoms with Crippen molar-refractivity contribution in [2.75, 3.05) is 21.3 Å². The number of aromatic amines is 1. The summed E-state index contributed by atoms with van der Waals surface area (Å²) in [6, 6.07) is 1.91. The fourth-order valence-corrected chi connectivity index (χ4v) is 2.47. The van der Waals surface area contributed by atoms with Crippen LogP contribution in [0.4, 0.5) is 0 Å². The first kappa shape index (κ1) is 13.7. The largest absolute Gasteiger partial charge is 0.493 e. The number of halogens is 1. The lowest BCUT2D eigenvalue weighted by molar-refractivity contribution is 0.322. The van der Waals surface area contributed by atoms with Crippen LogP contribution in [0.3, 0.4) is 0 Å². The molecule has 0 saturated carbocycles. The third kappa shape index (κ3) is 2.68. The minimum Gasteiger partial charge on any atom is -0.493 e. The second-order valence-corrected chi connectivity index (χ2v) is 4.62. The topological polar surface area (TPSA) is 56.4 Å². The number of hydrogen-bond donors (Lipinski definition) is 1. The fraction of sp³-hybridized carbons (Fsp3) is 0.308. The number of nitrogens with one attached hydrogen (secondary N) is 1. The van der Waals surface area contributed by atoms with E-state index in [-0.39, 0.29) is 0 Å². The molecule has 6 heteroatoms. The zero-order chi connectivity index (χ0) is 13.8. The second-order valence-electron chi connectivity index (χ2n) is 3.83. The molecular formula is C13H15BrN2O3. The van der Waals surface area contributed by atoms with Crippen molar-refractivity contribution < 1.29 is 14.2 Å². The third-order valence-electron chi connectivity index (χ3n) is 2.76. The van der Waals surface area contributed by atoms with Crippen molar-refractivity contribution in [2.45, 2.75) is 6.42 Å². The van der Waals surface area contributed by atoms with E-state index >= 15 is 0 Å². The van der Waals surface area contributed by atoms with E-state index in [0.717, 1.165) is 15.9 Å². The zero-order valence-corrected chi connectivity index (χ0v) is 12.6. The summed E-state index contributed by atoms with van der Waals surface area (Å²) < 4.78 is 16.9. The highest BCUT2D eigenvalue weighted by molar-refractivity contribution is 9.10. The van der Waals surface area contributed by atoms with Gasteiger partial charge in [-0.2, -0.15) is 0 Å². The molecule has 0 amide bonds. The molecule has 1 aromatic heterocycles. The van der Waals surface area contributed by atoms with Crippen molar-refractivity contribution in [3.8, 4) is 17.2 Å². The van der Waals surface area contributed by atoms with Gasteiger partial charge in [0.1, 0.15) is 5.82 Å². The van der Waals surface area contributed by atoms with Crippen molar-refractivity contribution in [3.63, 3.8) is 0 Å². The maximum Gasteiger partial charge on any atom is 0.204 e. The summed E-state index contributed by atoms with van der Waals surface area (Å²) in [6.45, 7) is 0. The van der Waals surface area contributed by atoms with Gasteiger partial charge >= 0.3 is 0 Å². The molecule has 0 radical (unpaired) electrons. The van der Waals surface area contributed by atoms with Crippen LogP contribution in [0, 0.1) is 0 Å². The minimum atomic E-state index is 0.570. The molecule has 0 atom stereocenters. The number of methoxy groups -OCH3 is 3. The fourth-order valence-electron chi connectivity index (χ4n) is 1.88. The third-order valence-corrected chi connectivity index (χ3v) is 3.63. The molecule has 0 aliphatic rings. The van der Waals surface area contributed by atoms with Crippen molar-refractivity contribution in [2.24, 2.45) is 0 Å². The van der Waals surface area contributed by atoms with Gasteiger partial charge < -0.3 is 19.2 Å². The Kier molecular flexibility index (Phi) is 4.31. The molecule has 0 saturated heterocycles. The number of ether oxygens (including phenoxy) is 3. The van der Waals surface area contributed by atoms with Crippen LogP contribution < -0.4 is 14.2 Å². The normalized spacial score (nSPS) is 10.3. The Balaban J connectivity index is 2.49. The number of imidazole rings is 1. The molecule has 0 bridgehead atoms. The quantitative estimate of drug-likeness (QED) is 0.917. The van der Waals surface area contributed by atoms with Crippen LogP contribution in [0.2, 0.25) is 0 Å². The highest BCUT2D eigenvalue weighted by Crippen LogP contribution is 2.45. The molecule has 0 aliphatic carbocycles. The molecule has 1 N–H and O–H groups in total. The molecule has 102 valence electrons. The lowest BCUT2D eigenvalue weighted by atomic mass is 10.1. The van der Waals surface area contributed by atoms with Gasteiger partial charge in [-0.25, -0.2) is 4.98 Å². The standard InChI is InChI=1S/C13H15BrN2O3/c1-17-9-6-8(7-10-15-4-5-16-10)11(14)13(19-3)12(9)18-2/h4-6H,7H2,1-3H3,(H,15,16). The monoisotopic (exact) mass is 326 g/mol. The van der Waals surface area contributed by atoms with Crippen LogP contribution in [0.1, 0.15) is 11.4 Å². The molecule has 19 heavy (non-hydrogen) atoms. The molecule has 5 nitrogen and oxygen atoms in total. The average molecular weight is 327 g/mol. The molecule has 2 aromatic rings. The van der Waals surface area contributed by atoms with Crippen LogP contribution in [0.5, 0.6) is 17.2 Å². The van der Waals surface area contributed by atoms with E-state index in [1.807, 2.05) is 6.07 Å². The predicted molar refractivity (Wildman–Crippen MR) is 75.2 cm³/mol. The summed E-state index contributed by atoms with van der Waals surface area (Å²) in [4.78, 5) is 7.29. The summed E-state index contributed by atoms with van der Waals surface area (Å²) in [5.41, 5.74) is 1.00. The van der Waals surface area contributed by atoms with Crippen LogP contribution >= 0.6 is 15.9 Å². The van der Waals surface area contributed by atoms with Crippen molar-refractivity contribution in [1.29, 1.82) is 0 Å². The highest BCUT2D eigenvalue weighted by atomic mass is 79.9. The van der Waals surface area contributed by atoms with E-state index in [4.69, 9.17) is 14.2 Å². The van der Waals surface area contributed by atoms with E-state index < -0.39 is 0 Å². The first-order valence-corrected chi connectivity index (χ1v) is 6.46. The Morgan fingerprint density at radius 3 is 2.42 bits per heavy atom. The van der Waals surface area contributed by atoms with Crippen molar-refractivity contribution in [1.82, 2.24) is 9.97 Å². The molecule has 1 aromatic carbocycles. The first-order chi connectivity index (χ1) is 9.21.